The van der Waals surface area contributed by atoms with Crippen LogP contribution in [-0.4, -0.2) is 50.2 Å². The number of anilines is 1. The smallest absolute Gasteiger partial charge is 0.246 e. The Morgan fingerprint density at radius 3 is 2.67 bits per heavy atom. The van der Waals surface area contributed by atoms with Gasteiger partial charge in [0.05, 0.1) is 0 Å². The van der Waals surface area contributed by atoms with Crippen molar-refractivity contribution in [2.24, 2.45) is 0 Å². The van der Waals surface area contributed by atoms with Crippen molar-refractivity contribution in [2.75, 3.05) is 26.4 Å². The lowest BCUT2D eigenvalue weighted by atomic mass is 10.2. The van der Waals surface area contributed by atoms with Gasteiger partial charge in [0.15, 0.2) is 0 Å². The number of benzene rings is 1. The van der Waals surface area contributed by atoms with E-state index in [2.05, 4.69) is 0 Å². The van der Waals surface area contributed by atoms with Gasteiger partial charge in [0.1, 0.15) is 16.8 Å². The second-order valence-electron chi connectivity index (χ2n) is 5.20. The van der Waals surface area contributed by atoms with Gasteiger partial charge >= 0.3 is 0 Å². The Morgan fingerprint density at radius 2 is 2.10 bits per heavy atom. The van der Waals surface area contributed by atoms with E-state index in [4.69, 9.17) is 5.73 Å². The van der Waals surface area contributed by atoms with Gasteiger partial charge in [0.25, 0.3) is 0 Å². The van der Waals surface area contributed by atoms with Gasteiger partial charge in [-0.25, -0.2) is 12.8 Å². The second kappa shape index (κ2) is 5.61. The average molecular weight is 315 g/mol. The number of nitrogen functional groups attached to an aromatic ring is 1. The molecule has 6 nitrogen and oxygen atoms in total. The predicted molar refractivity (Wildman–Crippen MR) is 76.4 cm³/mol. The molecule has 1 fully saturated rings. The number of halogens is 1. The molecule has 1 atom stereocenters. The predicted octanol–water partition coefficient (Wildman–Crippen LogP) is 0.649. The van der Waals surface area contributed by atoms with E-state index in [1.807, 2.05) is 0 Å². The molecular formula is C13H18FN3O3S. The van der Waals surface area contributed by atoms with Crippen molar-refractivity contribution in [1.29, 1.82) is 0 Å². The van der Waals surface area contributed by atoms with Crippen molar-refractivity contribution < 1.29 is 17.6 Å². The minimum absolute atomic E-state index is 0.147. The number of rotatable bonds is 3. The SMILES string of the molecule is CN(C)C(=O)C1CCCN1S(=O)(=O)c1ccc(N)cc1F. The Bertz CT molecular complexity index is 661. The highest BCUT2D eigenvalue weighted by atomic mass is 32.2. The van der Waals surface area contributed by atoms with Crippen LogP contribution in [0.25, 0.3) is 0 Å². The van der Waals surface area contributed by atoms with Gasteiger partial charge in [-0.1, -0.05) is 0 Å². The first kappa shape index (κ1) is 15.7. The highest BCUT2D eigenvalue weighted by Gasteiger charge is 2.41. The molecule has 1 aliphatic heterocycles. The van der Waals surface area contributed by atoms with Crippen LogP contribution in [0, 0.1) is 5.82 Å². The highest BCUT2D eigenvalue weighted by Crippen LogP contribution is 2.28. The molecule has 0 radical (unpaired) electrons. The molecule has 2 N–H and O–H groups in total. The fourth-order valence-electron chi connectivity index (χ4n) is 2.43. The summed E-state index contributed by atoms with van der Waals surface area (Å²) in [6.45, 7) is 0.205. The third kappa shape index (κ3) is 2.86. The van der Waals surface area contributed by atoms with Gasteiger partial charge in [-0.05, 0) is 31.0 Å². The number of nitrogens with two attached hydrogens (primary N) is 1. The van der Waals surface area contributed by atoms with E-state index in [0.717, 1.165) is 16.4 Å². The van der Waals surface area contributed by atoms with E-state index in [1.165, 1.54) is 11.0 Å². The maximum atomic E-state index is 13.9. The van der Waals surface area contributed by atoms with Gasteiger partial charge in [-0.3, -0.25) is 4.79 Å². The summed E-state index contributed by atoms with van der Waals surface area (Å²) in [4.78, 5) is 13.0. The number of likely N-dealkylation sites (N-methyl/N-ethyl adjacent to an activating group) is 1. The van der Waals surface area contributed by atoms with Crippen LogP contribution in [0.1, 0.15) is 12.8 Å². The Labute approximate surface area is 123 Å². The van der Waals surface area contributed by atoms with Crippen molar-refractivity contribution in [2.45, 2.75) is 23.8 Å². The molecule has 0 saturated carbocycles. The lowest BCUT2D eigenvalue weighted by molar-refractivity contribution is -0.132. The van der Waals surface area contributed by atoms with Crippen molar-refractivity contribution >= 4 is 21.6 Å². The van der Waals surface area contributed by atoms with E-state index in [9.17, 15) is 17.6 Å². The number of nitrogens with zero attached hydrogens (tertiary/aromatic N) is 2. The molecule has 0 spiro atoms. The van der Waals surface area contributed by atoms with Crippen molar-refractivity contribution in [3.05, 3.63) is 24.0 Å². The molecule has 1 aliphatic rings. The topological polar surface area (TPSA) is 83.7 Å². The summed E-state index contributed by atoms with van der Waals surface area (Å²) in [6, 6.07) is 2.65. The first-order chi connectivity index (χ1) is 9.75. The summed E-state index contributed by atoms with van der Waals surface area (Å²) >= 11 is 0. The van der Waals surface area contributed by atoms with Crippen LogP contribution < -0.4 is 5.73 Å². The number of hydrogen-bond donors (Lipinski definition) is 1. The Balaban J connectivity index is 2.41. The monoisotopic (exact) mass is 315 g/mol. The molecule has 2 rings (SSSR count). The van der Waals surface area contributed by atoms with Crippen molar-refractivity contribution in [1.82, 2.24) is 9.21 Å². The van der Waals surface area contributed by atoms with Gasteiger partial charge < -0.3 is 10.6 Å². The fraction of sp³-hybridized carbons (Fsp3) is 0.462. The highest BCUT2D eigenvalue weighted by molar-refractivity contribution is 7.89. The summed E-state index contributed by atoms with van der Waals surface area (Å²) in [7, 11) is -0.929. The van der Waals surface area contributed by atoms with E-state index in [0.29, 0.717) is 12.8 Å². The Morgan fingerprint density at radius 1 is 1.43 bits per heavy atom. The summed E-state index contributed by atoms with van der Waals surface area (Å²) in [5.41, 5.74) is 5.58. The quantitative estimate of drug-likeness (QED) is 0.830. The van der Waals surface area contributed by atoms with Crippen LogP contribution in [0.15, 0.2) is 23.1 Å². The summed E-state index contributed by atoms with van der Waals surface area (Å²) in [5.74, 6) is -1.20. The van der Waals surface area contributed by atoms with Crippen LogP contribution >= 0.6 is 0 Å². The molecule has 116 valence electrons. The molecule has 1 heterocycles. The minimum Gasteiger partial charge on any atom is -0.399 e. The van der Waals surface area contributed by atoms with E-state index in [-0.39, 0.29) is 18.1 Å². The summed E-state index contributed by atoms with van der Waals surface area (Å²) in [5, 5.41) is 0. The molecule has 21 heavy (non-hydrogen) atoms. The van der Waals surface area contributed by atoms with Crippen molar-refractivity contribution in [3.8, 4) is 0 Å². The maximum Gasteiger partial charge on any atom is 0.246 e. The number of amides is 1. The minimum atomic E-state index is -4.06. The molecule has 1 aromatic carbocycles. The molecule has 1 aromatic rings. The van der Waals surface area contributed by atoms with Crippen LogP contribution in [0.4, 0.5) is 10.1 Å². The van der Waals surface area contributed by atoms with Crippen molar-refractivity contribution in [3.63, 3.8) is 0 Å². The third-order valence-electron chi connectivity index (χ3n) is 3.47. The summed E-state index contributed by atoms with van der Waals surface area (Å²) < 4.78 is 40.1. The molecule has 1 unspecified atom stereocenters. The second-order valence-corrected chi connectivity index (χ2v) is 7.06. The van der Waals surface area contributed by atoms with Gasteiger partial charge in [0, 0.05) is 26.3 Å². The van der Waals surface area contributed by atoms with Crippen LogP contribution in [0.5, 0.6) is 0 Å². The lowest BCUT2D eigenvalue weighted by Crippen LogP contribution is -2.45. The van der Waals surface area contributed by atoms with Crippen LogP contribution in [0.3, 0.4) is 0 Å². The molecule has 8 heteroatoms. The molecule has 0 aliphatic carbocycles. The van der Waals surface area contributed by atoms with E-state index >= 15 is 0 Å². The molecular weight excluding hydrogens is 297 g/mol. The summed E-state index contributed by atoms with van der Waals surface area (Å²) in [6.07, 6.45) is 1.01. The maximum absolute atomic E-state index is 13.9. The molecule has 0 bridgehead atoms. The van der Waals surface area contributed by atoms with E-state index < -0.39 is 26.8 Å². The van der Waals surface area contributed by atoms with Crippen LogP contribution in [-0.2, 0) is 14.8 Å². The lowest BCUT2D eigenvalue weighted by Gasteiger charge is -2.25. The molecule has 0 aromatic heterocycles. The average Bonchev–Trinajstić information content (AvgIpc) is 2.86. The Kier molecular flexibility index (Phi) is 4.20. The molecule has 1 amide bonds. The molecule has 1 saturated heterocycles. The first-order valence-electron chi connectivity index (χ1n) is 6.53. The largest absolute Gasteiger partial charge is 0.399 e. The normalized spacial score (nSPS) is 19.7. The zero-order chi connectivity index (χ0) is 15.8. The van der Waals surface area contributed by atoms with Crippen LogP contribution in [0.2, 0.25) is 0 Å². The van der Waals surface area contributed by atoms with Gasteiger partial charge in [-0.15, -0.1) is 0 Å². The zero-order valence-corrected chi connectivity index (χ0v) is 12.7. The van der Waals surface area contributed by atoms with Gasteiger partial charge in [-0.2, -0.15) is 4.31 Å². The fourth-order valence-corrected chi connectivity index (χ4v) is 4.12. The Hall–Kier alpha value is -1.67. The standard InChI is InChI=1S/C13H18FN3O3S/c1-16(2)13(18)11-4-3-7-17(11)21(19,20)12-6-5-9(15)8-10(12)14/h5-6,8,11H,3-4,7,15H2,1-2H3. The third-order valence-corrected chi connectivity index (χ3v) is 5.41. The number of carbonyl (C=O) groups excluding carboxylic acids is 1. The first-order valence-corrected chi connectivity index (χ1v) is 7.97. The number of carbonyl (C=O) groups is 1. The van der Waals surface area contributed by atoms with Gasteiger partial charge in [0.2, 0.25) is 15.9 Å². The van der Waals surface area contributed by atoms with E-state index in [1.54, 1.807) is 14.1 Å². The zero-order valence-electron chi connectivity index (χ0n) is 11.9. The number of sulfonamides is 1. The number of hydrogen-bond acceptors (Lipinski definition) is 4.